The topological polar surface area (TPSA) is 61.8 Å². The highest BCUT2D eigenvalue weighted by Crippen LogP contribution is 2.33. The average Bonchev–Trinajstić information content (AvgIpc) is 2.55. The molecule has 0 radical (unpaired) electrons. The molecule has 4 nitrogen and oxygen atoms in total. The Bertz CT molecular complexity index is 496. The van der Waals surface area contributed by atoms with E-state index in [1.54, 1.807) is 17.1 Å². The Morgan fingerprint density at radius 3 is 2.65 bits per heavy atom. The van der Waals surface area contributed by atoms with Crippen molar-refractivity contribution in [3.05, 3.63) is 29.8 Å². The van der Waals surface area contributed by atoms with Gasteiger partial charge in [0, 0.05) is 11.0 Å². The van der Waals surface area contributed by atoms with E-state index in [4.69, 9.17) is 18.0 Å². The van der Waals surface area contributed by atoms with Gasteiger partial charge in [-0.25, -0.2) is 5.01 Å². The number of hydrazone groups is 1. The molecule has 0 saturated heterocycles. The van der Waals surface area contributed by atoms with Gasteiger partial charge >= 0.3 is 0 Å². The summed E-state index contributed by atoms with van der Waals surface area (Å²) < 4.78 is 0. The molecule has 0 amide bonds. The molecule has 1 aliphatic rings. The van der Waals surface area contributed by atoms with E-state index in [2.05, 4.69) is 18.9 Å². The lowest BCUT2D eigenvalue weighted by Crippen LogP contribution is -2.34. The molecule has 0 aromatic heterocycles. The second-order valence-electron chi connectivity index (χ2n) is 4.75. The molecule has 1 aromatic rings. The van der Waals surface area contributed by atoms with Gasteiger partial charge in [-0.2, -0.15) is 5.10 Å². The minimum atomic E-state index is -0.192. The quantitative estimate of drug-likeness (QED) is 0.743. The van der Waals surface area contributed by atoms with Crippen LogP contribution in [0.2, 0.25) is 0 Å². The minimum Gasteiger partial charge on any atom is -0.507 e. The zero-order chi connectivity index (χ0) is 12.6. The van der Waals surface area contributed by atoms with Crippen LogP contribution in [0.25, 0.3) is 0 Å². The van der Waals surface area contributed by atoms with Gasteiger partial charge in [-0.05, 0) is 24.4 Å². The van der Waals surface area contributed by atoms with E-state index in [1.165, 1.54) is 0 Å². The van der Waals surface area contributed by atoms with Gasteiger partial charge in [0.05, 0.1) is 12.3 Å². The molecule has 0 aliphatic carbocycles. The average molecular weight is 249 g/mol. The van der Waals surface area contributed by atoms with Crippen molar-refractivity contribution in [3.63, 3.8) is 0 Å². The van der Waals surface area contributed by atoms with E-state index in [9.17, 15) is 5.11 Å². The molecule has 0 saturated carbocycles. The summed E-state index contributed by atoms with van der Waals surface area (Å²) in [5, 5.41) is 16.1. The van der Waals surface area contributed by atoms with Crippen LogP contribution in [0.5, 0.6) is 5.75 Å². The van der Waals surface area contributed by atoms with Crippen LogP contribution < -0.4 is 5.73 Å². The Hall–Kier alpha value is -1.62. The SMILES string of the molecule is CC1(C)CN(C(N)=S)N=C1c1ccccc1O. The van der Waals surface area contributed by atoms with Gasteiger partial charge in [-0.3, -0.25) is 0 Å². The Labute approximate surface area is 106 Å². The molecular formula is C12H15N3OS. The normalized spacial score (nSPS) is 18.0. The van der Waals surface area contributed by atoms with Crippen molar-refractivity contribution in [2.45, 2.75) is 13.8 Å². The summed E-state index contributed by atoms with van der Waals surface area (Å²) >= 11 is 4.93. The van der Waals surface area contributed by atoms with Gasteiger partial charge < -0.3 is 10.8 Å². The summed E-state index contributed by atoms with van der Waals surface area (Å²) in [7, 11) is 0. The van der Waals surface area contributed by atoms with E-state index in [-0.39, 0.29) is 16.3 Å². The number of rotatable bonds is 1. The number of hydrogen-bond donors (Lipinski definition) is 2. The van der Waals surface area contributed by atoms with Crippen molar-refractivity contribution >= 4 is 23.0 Å². The number of phenolic OH excluding ortho intramolecular Hbond substituents is 1. The zero-order valence-electron chi connectivity index (χ0n) is 9.84. The highest BCUT2D eigenvalue weighted by molar-refractivity contribution is 7.80. The Morgan fingerprint density at radius 2 is 2.12 bits per heavy atom. The third-order valence-corrected chi connectivity index (χ3v) is 3.03. The van der Waals surface area contributed by atoms with Crippen molar-refractivity contribution in [3.8, 4) is 5.75 Å². The lowest BCUT2D eigenvalue weighted by molar-refractivity contribution is 0.386. The molecule has 0 atom stereocenters. The number of thiocarbonyl (C=S) groups is 1. The van der Waals surface area contributed by atoms with Crippen LogP contribution in [0.15, 0.2) is 29.4 Å². The molecule has 1 aliphatic heterocycles. The minimum absolute atomic E-state index is 0.192. The monoisotopic (exact) mass is 249 g/mol. The number of benzene rings is 1. The summed E-state index contributed by atoms with van der Waals surface area (Å²) in [5.74, 6) is 0.226. The summed E-state index contributed by atoms with van der Waals surface area (Å²) in [6.45, 7) is 4.74. The van der Waals surface area contributed by atoms with Gasteiger partial charge in [0.25, 0.3) is 0 Å². The maximum atomic E-state index is 9.86. The molecule has 0 fully saturated rings. The first-order chi connectivity index (χ1) is 7.92. The van der Waals surface area contributed by atoms with E-state index in [1.807, 2.05) is 12.1 Å². The number of phenols is 1. The first kappa shape index (κ1) is 11.9. The Morgan fingerprint density at radius 1 is 1.47 bits per heavy atom. The van der Waals surface area contributed by atoms with Crippen molar-refractivity contribution in [1.29, 1.82) is 0 Å². The van der Waals surface area contributed by atoms with Crippen LogP contribution in [0.1, 0.15) is 19.4 Å². The predicted octanol–water partition coefficient (Wildman–Crippen LogP) is 1.68. The number of nitrogens with two attached hydrogens (primary N) is 1. The molecule has 17 heavy (non-hydrogen) atoms. The van der Waals surface area contributed by atoms with Crippen LogP contribution in [-0.4, -0.2) is 27.5 Å². The summed E-state index contributed by atoms with van der Waals surface area (Å²) in [4.78, 5) is 0. The molecule has 0 bridgehead atoms. The van der Waals surface area contributed by atoms with Crippen LogP contribution in [-0.2, 0) is 0 Å². The van der Waals surface area contributed by atoms with Crippen LogP contribution >= 0.6 is 12.2 Å². The molecule has 2 rings (SSSR count). The molecular weight excluding hydrogens is 234 g/mol. The summed E-state index contributed by atoms with van der Waals surface area (Å²) in [5.41, 5.74) is 6.93. The van der Waals surface area contributed by atoms with Crippen molar-refractivity contribution in [2.75, 3.05) is 6.54 Å². The lowest BCUT2D eigenvalue weighted by atomic mass is 9.84. The molecule has 3 N–H and O–H groups in total. The molecule has 90 valence electrons. The third kappa shape index (κ3) is 2.10. The fraction of sp³-hybridized carbons (Fsp3) is 0.333. The molecule has 5 heteroatoms. The highest BCUT2D eigenvalue weighted by atomic mass is 32.1. The standard InChI is InChI=1S/C12H15N3OS/c1-12(2)7-15(11(13)17)14-10(12)8-5-3-4-6-9(8)16/h3-6,16H,7H2,1-2H3,(H2,13,17). The van der Waals surface area contributed by atoms with Gasteiger partial charge in [-0.15, -0.1) is 0 Å². The fourth-order valence-corrected chi connectivity index (χ4v) is 2.07. The molecule has 0 spiro atoms. The maximum Gasteiger partial charge on any atom is 0.187 e. The first-order valence-corrected chi connectivity index (χ1v) is 5.77. The van der Waals surface area contributed by atoms with Crippen molar-refractivity contribution < 1.29 is 5.11 Å². The second-order valence-corrected chi connectivity index (χ2v) is 5.16. The maximum absolute atomic E-state index is 9.86. The number of nitrogens with zero attached hydrogens (tertiary/aromatic N) is 2. The Balaban J connectivity index is 2.47. The fourth-order valence-electron chi connectivity index (χ4n) is 1.96. The van der Waals surface area contributed by atoms with E-state index < -0.39 is 0 Å². The number of hydrogen-bond acceptors (Lipinski definition) is 3. The van der Waals surface area contributed by atoms with Gasteiger partial charge in [0.1, 0.15) is 5.75 Å². The third-order valence-electron chi connectivity index (χ3n) is 2.82. The summed E-state index contributed by atoms with van der Waals surface area (Å²) in [6.07, 6.45) is 0. The van der Waals surface area contributed by atoms with Gasteiger partial charge in [-0.1, -0.05) is 26.0 Å². The van der Waals surface area contributed by atoms with Crippen LogP contribution in [0.4, 0.5) is 0 Å². The highest BCUT2D eigenvalue weighted by Gasteiger charge is 2.36. The largest absolute Gasteiger partial charge is 0.507 e. The van der Waals surface area contributed by atoms with Gasteiger partial charge in [0.15, 0.2) is 5.11 Å². The lowest BCUT2D eigenvalue weighted by Gasteiger charge is -2.20. The van der Waals surface area contributed by atoms with E-state index >= 15 is 0 Å². The zero-order valence-corrected chi connectivity index (χ0v) is 10.7. The number of aromatic hydroxyl groups is 1. The molecule has 0 unspecified atom stereocenters. The predicted molar refractivity (Wildman–Crippen MR) is 71.9 cm³/mol. The van der Waals surface area contributed by atoms with E-state index in [0.717, 1.165) is 11.3 Å². The first-order valence-electron chi connectivity index (χ1n) is 5.36. The molecule has 1 heterocycles. The van der Waals surface area contributed by atoms with Crippen LogP contribution in [0, 0.1) is 5.41 Å². The second kappa shape index (κ2) is 4.00. The Kier molecular flexibility index (Phi) is 2.79. The molecule has 1 aromatic carbocycles. The smallest absolute Gasteiger partial charge is 0.187 e. The van der Waals surface area contributed by atoms with Crippen LogP contribution in [0.3, 0.4) is 0 Å². The van der Waals surface area contributed by atoms with Crippen molar-refractivity contribution in [2.24, 2.45) is 16.3 Å². The number of para-hydroxylation sites is 1. The summed E-state index contributed by atoms with van der Waals surface area (Å²) in [6, 6.07) is 7.15. The van der Waals surface area contributed by atoms with Crippen molar-refractivity contribution in [1.82, 2.24) is 5.01 Å². The van der Waals surface area contributed by atoms with Gasteiger partial charge in [0.2, 0.25) is 0 Å². The van der Waals surface area contributed by atoms with E-state index in [0.29, 0.717) is 6.54 Å².